The lowest BCUT2D eigenvalue weighted by Gasteiger charge is -2.42. The number of piperazine rings is 1. The van der Waals surface area contributed by atoms with Gasteiger partial charge in [0.1, 0.15) is 59.2 Å². The molecule has 450 valence electrons. The van der Waals surface area contributed by atoms with Crippen LogP contribution < -0.4 is 19.7 Å². The highest BCUT2D eigenvalue weighted by Gasteiger charge is 2.46. The molecule has 3 N–H and O–H groups in total. The van der Waals surface area contributed by atoms with Gasteiger partial charge in [0.2, 0.25) is 11.8 Å². The number of aliphatic hydroxyl groups excluding tert-OH is 1. The van der Waals surface area contributed by atoms with E-state index in [1.54, 1.807) is 23.6 Å². The van der Waals surface area contributed by atoms with Gasteiger partial charge >= 0.3 is 12.1 Å². The monoisotopic (exact) mass is 1180 g/mol. The van der Waals surface area contributed by atoms with Crippen LogP contribution in [0.1, 0.15) is 115 Å². The molecule has 0 spiro atoms. The highest BCUT2D eigenvalue weighted by molar-refractivity contribution is 7.13. The SMILES string of the molecule is CCc1cccc2cc(O)cc(-c3ncc4c(N5CC6CCC(C5)N6C(=O)OC(C)(C)C)nc(OCCN5CCC(F)(COc6cc(C(C(=O)N7C[C@H](O)C[C@H]7C(=O)NC(C)c7ccc(-c8scnc8C)cc7)C(C)C)on6)CC5)nc4c3F)c12. The Morgan fingerprint density at radius 3 is 2.39 bits per heavy atom. The van der Waals surface area contributed by atoms with Crippen molar-refractivity contribution in [1.82, 2.24) is 45.1 Å². The Morgan fingerprint density at radius 1 is 0.965 bits per heavy atom. The normalized spacial score (nSPS) is 20.5. The third-order valence-corrected chi connectivity index (χ3v) is 17.9. The molecule has 3 aromatic carbocycles. The minimum atomic E-state index is -1.71. The number of piperidine rings is 1. The van der Waals surface area contributed by atoms with E-state index in [2.05, 4.69) is 30.3 Å². The fourth-order valence-electron chi connectivity index (χ4n) is 12.6. The van der Waals surface area contributed by atoms with E-state index in [0.717, 1.165) is 50.9 Å². The van der Waals surface area contributed by atoms with Gasteiger partial charge in [0.15, 0.2) is 11.6 Å². The first-order valence-electron chi connectivity index (χ1n) is 29.4. The summed E-state index contributed by atoms with van der Waals surface area (Å²) in [6.45, 7) is 16.8. The first kappa shape index (κ1) is 59.2. The number of anilines is 1. The van der Waals surface area contributed by atoms with Gasteiger partial charge in [-0.1, -0.05) is 63.2 Å². The number of alkyl halides is 1. The van der Waals surface area contributed by atoms with Crippen LogP contribution in [0.25, 0.3) is 43.4 Å². The lowest BCUT2D eigenvalue weighted by atomic mass is 9.91. The largest absolute Gasteiger partial charge is 0.508 e. The summed E-state index contributed by atoms with van der Waals surface area (Å²) in [7, 11) is 0. The number of rotatable bonds is 17. The van der Waals surface area contributed by atoms with E-state index in [1.165, 1.54) is 17.0 Å². The molecule has 3 amide bonds. The third kappa shape index (κ3) is 12.5. The summed E-state index contributed by atoms with van der Waals surface area (Å²) in [5, 5.41) is 30.6. The van der Waals surface area contributed by atoms with E-state index in [-0.39, 0.29) is 110 Å². The lowest BCUT2D eigenvalue weighted by molar-refractivity contribution is -0.141. The number of likely N-dealkylation sites (tertiary alicyclic amines) is 2. The zero-order valence-electron chi connectivity index (χ0n) is 49.3. The molecule has 2 bridgehead atoms. The smallest absolute Gasteiger partial charge is 0.410 e. The van der Waals surface area contributed by atoms with Gasteiger partial charge in [0.25, 0.3) is 5.88 Å². The Hall–Kier alpha value is -7.56. The van der Waals surface area contributed by atoms with Crippen molar-refractivity contribution < 1.29 is 52.1 Å². The molecule has 0 saturated carbocycles. The molecule has 8 heterocycles. The average Bonchev–Trinajstić information content (AvgIpc) is 1.75. The lowest BCUT2D eigenvalue weighted by Crippen LogP contribution is -2.57. The number of fused-ring (bicyclic) bond motifs is 4. The minimum absolute atomic E-state index is 0.00479. The second-order valence-electron chi connectivity index (χ2n) is 24.5. The molecule has 4 aliphatic heterocycles. The van der Waals surface area contributed by atoms with E-state index >= 15 is 8.78 Å². The zero-order chi connectivity index (χ0) is 60.1. The average molecular weight is 1190 g/mol. The third-order valence-electron chi connectivity index (χ3n) is 17.0. The maximum Gasteiger partial charge on any atom is 0.410 e. The van der Waals surface area contributed by atoms with E-state index < -0.39 is 41.1 Å². The number of nitrogens with one attached hydrogen (secondary N) is 1. The van der Waals surface area contributed by atoms with E-state index in [0.29, 0.717) is 55.9 Å². The molecule has 4 aromatic heterocycles. The molecule has 19 nitrogen and oxygen atoms in total. The number of phenolic OH excluding ortho intramolecular Hbond substituents is 1. The number of nitrogens with zero attached hydrogens (tertiary/aromatic N) is 9. The topological polar surface area (TPSA) is 222 Å². The summed E-state index contributed by atoms with van der Waals surface area (Å²) in [6.07, 6.45) is 2.86. The fourth-order valence-corrected chi connectivity index (χ4v) is 13.4. The highest BCUT2D eigenvalue weighted by Crippen LogP contribution is 2.41. The summed E-state index contributed by atoms with van der Waals surface area (Å²) in [6, 6.07) is 16.7. The number of hydrogen-bond donors (Lipinski definition) is 3. The number of benzene rings is 3. The van der Waals surface area contributed by atoms with Crippen LogP contribution in [-0.2, 0) is 20.7 Å². The highest BCUT2D eigenvalue weighted by atomic mass is 32.1. The van der Waals surface area contributed by atoms with Crippen LogP contribution in [0.4, 0.5) is 19.4 Å². The van der Waals surface area contributed by atoms with Gasteiger partial charge in [-0.3, -0.25) is 24.4 Å². The molecular weight excluding hydrogens is 1110 g/mol. The number of carbonyl (C=O) groups excluding carboxylic acids is 3. The van der Waals surface area contributed by atoms with Crippen LogP contribution in [0, 0.1) is 18.7 Å². The summed E-state index contributed by atoms with van der Waals surface area (Å²) in [5.74, 6) is -2.03. The van der Waals surface area contributed by atoms with Crippen LogP contribution >= 0.6 is 11.3 Å². The summed E-state index contributed by atoms with van der Waals surface area (Å²) in [4.78, 5) is 68.7. The standard InChI is InChI=1S/C63H74F2N10O9S/c1-9-38-11-10-12-41-25-44(76)26-46(52(38)41)54-53(64)55-47(29-66-54)57(73-30-42-17-18-43(31-73)75(42)61(80)83-62(6,7)8)70-60(69-55)81-24-23-72-21-19-63(65,20-22-72)33-82-50-28-49(84-71-50)51(35(2)3)59(79)74-32-45(77)27-48(74)58(78)68-36(4)39-13-15-40(16-14-39)56-37(5)67-34-85-56/h10-16,25-26,28-29,34-36,42-43,45,48,51,76-77H,9,17-24,27,30-33H2,1-8H3,(H,68,78)/t36?,42?,43?,45-,48+,51?/m1/s1. The maximum atomic E-state index is 17.4. The molecule has 11 rings (SSSR count). The van der Waals surface area contributed by atoms with Gasteiger partial charge < -0.3 is 44.1 Å². The van der Waals surface area contributed by atoms with Gasteiger partial charge in [-0.05, 0) is 117 Å². The first-order chi connectivity index (χ1) is 40.6. The number of aromatic nitrogens is 5. The fraction of sp³-hybridized carbons (Fsp3) is 0.492. The van der Waals surface area contributed by atoms with Crippen molar-refractivity contribution in [2.75, 3.05) is 57.4 Å². The molecule has 4 saturated heterocycles. The number of β-amino-alcohol motifs (C(OH)–C–C–N with tert-alkyl or cyclic N) is 1. The van der Waals surface area contributed by atoms with Crippen LogP contribution in [0.2, 0.25) is 0 Å². The number of aliphatic hydroxyl groups is 1. The number of aryl methyl sites for hydroxylation is 2. The number of carbonyl (C=O) groups is 3. The molecule has 4 unspecified atom stereocenters. The van der Waals surface area contributed by atoms with Crippen molar-refractivity contribution in [1.29, 1.82) is 0 Å². The van der Waals surface area contributed by atoms with Crippen molar-refractivity contribution in [2.45, 2.75) is 141 Å². The second-order valence-corrected chi connectivity index (χ2v) is 25.3. The van der Waals surface area contributed by atoms with Gasteiger partial charge in [-0.15, -0.1) is 11.3 Å². The summed E-state index contributed by atoms with van der Waals surface area (Å²) < 4.78 is 57.6. The van der Waals surface area contributed by atoms with E-state index in [9.17, 15) is 24.6 Å². The van der Waals surface area contributed by atoms with Crippen LogP contribution in [0.5, 0.6) is 17.6 Å². The quantitative estimate of drug-likeness (QED) is 0.0772. The zero-order valence-corrected chi connectivity index (χ0v) is 50.1. The minimum Gasteiger partial charge on any atom is -0.508 e. The first-order valence-corrected chi connectivity index (χ1v) is 30.3. The molecule has 4 fully saturated rings. The number of halogens is 2. The Kier molecular flexibility index (Phi) is 16.8. The Morgan fingerprint density at radius 2 is 1.71 bits per heavy atom. The predicted octanol–water partition coefficient (Wildman–Crippen LogP) is 10.1. The molecule has 0 aliphatic carbocycles. The van der Waals surface area contributed by atoms with Gasteiger partial charge in [-0.2, -0.15) is 9.97 Å². The predicted molar refractivity (Wildman–Crippen MR) is 318 cm³/mol. The second kappa shape index (κ2) is 24.1. The number of ether oxygens (including phenoxy) is 3. The molecule has 6 atom stereocenters. The number of amides is 3. The van der Waals surface area contributed by atoms with E-state index in [4.69, 9.17) is 23.7 Å². The van der Waals surface area contributed by atoms with Crippen LogP contribution in [-0.4, -0.2) is 156 Å². The number of thiazole rings is 1. The van der Waals surface area contributed by atoms with Crippen molar-refractivity contribution in [3.63, 3.8) is 0 Å². The Bertz CT molecular complexity index is 3590. The Balaban J connectivity index is 0.729. The Labute approximate surface area is 496 Å². The van der Waals surface area contributed by atoms with Gasteiger partial charge in [0, 0.05) is 63.5 Å². The van der Waals surface area contributed by atoms with Crippen LogP contribution in [0.15, 0.2) is 76.9 Å². The number of pyridine rings is 1. The summed E-state index contributed by atoms with van der Waals surface area (Å²) in [5.41, 5.74) is 3.72. The molecule has 22 heteroatoms. The molecule has 85 heavy (non-hydrogen) atoms. The van der Waals surface area contributed by atoms with Crippen molar-refractivity contribution in [3.8, 4) is 39.3 Å². The number of phenols is 1. The van der Waals surface area contributed by atoms with Gasteiger partial charge in [-0.25, -0.2) is 18.6 Å². The van der Waals surface area contributed by atoms with Gasteiger partial charge in [0.05, 0.1) is 45.7 Å². The number of hydrogen-bond acceptors (Lipinski definition) is 17. The van der Waals surface area contributed by atoms with Crippen LogP contribution in [0.3, 0.4) is 0 Å². The molecule has 0 radical (unpaired) electrons. The van der Waals surface area contributed by atoms with Crippen molar-refractivity contribution in [2.24, 2.45) is 5.92 Å². The maximum absolute atomic E-state index is 17.4. The summed E-state index contributed by atoms with van der Waals surface area (Å²) >= 11 is 1.56. The molecule has 4 aliphatic rings. The van der Waals surface area contributed by atoms with E-state index in [1.807, 2.05) is 113 Å². The molecule has 7 aromatic rings. The van der Waals surface area contributed by atoms with Crippen molar-refractivity contribution in [3.05, 3.63) is 101 Å². The molecular formula is C63H74F2N10O9S. The van der Waals surface area contributed by atoms with Crippen molar-refractivity contribution >= 4 is 56.7 Å². The number of aromatic hydroxyl groups is 1.